The van der Waals surface area contributed by atoms with Crippen molar-refractivity contribution >= 4 is 11.9 Å². The van der Waals surface area contributed by atoms with Gasteiger partial charge in [0.2, 0.25) is 5.91 Å². The summed E-state index contributed by atoms with van der Waals surface area (Å²) in [6.07, 6.45) is 4.18. The second kappa shape index (κ2) is 7.67. The Bertz CT molecular complexity index is 611. The van der Waals surface area contributed by atoms with Gasteiger partial charge in [-0.05, 0) is 30.5 Å². The minimum atomic E-state index is -0.541. The van der Waals surface area contributed by atoms with Gasteiger partial charge in [0.15, 0.2) is 11.5 Å². The molecule has 0 aromatic heterocycles. The van der Waals surface area contributed by atoms with Gasteiger partial charge in [-0.1, -0.05) is 6.07 Å². The number of hydrogen-bond acceptors (Lipinski definition) is 5. The fourth-order valence-electron chi connectivity index (χ4n) is 2.74. The number of nitrogens with zero attached hydrogens (tertiary/aromatic N) is 1. The molecule has 0 N–H and O–H groups in total. The Morgan fingerprint density at radius 3 is 2.52 bits per heavy atom. The van der Waals surface area contributed by atoms with Crippen molar-refractivity contribution in [3.05, 3.63) is 35.9 Å². The van der Waals surface area contributed by atoms with Gasteiger partial charge >= 0.3 is 5.97 Å². The molecule has 6 nitrogen and oxygen atoms in total. The highest BCUT2D eigenvalue weighted by Crippen LogP contribution is 2.36. The molecular formula is C17H21NO5. The molecule has 1 aliphatic rings. The zero-order valence-corrected chi connectivity index (χ0v) is 13.6. The van der Waals surface area contributed by atoms with E-state index >= 15 is 0 Å². The molecule has 1 saturated heterocycles. The molecule has 1 atom stereocenters. The van der Waals surface area contributed by atoms with Crippen molar-refractivity contribution in [3.63, 3.8) is 0 Å². The summed E-state index contributed by atoms with van der Waals surface area (Å²) in [5.41, 5.74) is 0.986. The van der Waals surface area contributed by atoms with Crippen LogP contribution < -0.4 is 9.47 Å². The number of likely N-dealkylation sites (tertiary alicyclic amines) is 1. The van der Waals surface area contributed by atoms with Crippen molar-refractivity contribution < 1.29 is 23.8 Å². The van der Waals surface area contributed by atoms with Crippen LogP contribution in [0.1, 0.15) is 24.4 Å². The summed E-state index contributed by atoms with van der Waals surface area (Å²) in [5, 5.41) is 0. The number of ether oxygens (including phenoxy) is 3. The van der Waals surface area contributed by atoms with E-state index in [2.05, 4.69) is 4.74 Å². The zero-order chi connectivity index (χ0) is 16.8. The minimum Gasteiger partial charge on any atom is -0.493 e. The summed E-state index contributed by atoms with van der Waals surface area (Å²) < 4.78 is 15.1. The molecule has 1 aromatic carbocycles. The fraction of sp³-hybridized carbons (Fsp3) is 0.412. The van der Waals surface area contributed by atoms with Crippen LogP contribution in [0.2, 0.25) is 0 Å². The summed E-state index contributed by atoms with van der Waals surface area (Å²) in [6.45, 7) is 0.656. The lowest BCUT2D eigenvalue weighted by atomic mass is 10.0. The van der Waals surface area contributed by atoms with Crippen LogP contribution in [0.15, 0.2) is 30.4 Å². The van der Waals surface area contributed by atoms with Crippen molar-refractivity contribution in [2.45, 2.75) is 18.9 Å². The molecule has 0 spiro atoms. The maximum atomic E-state index is 12.3. The Morgan fingerprint density at radius 1 is 1.13 bits per heavy atom. The third-order valence-electron chi connectivity index (χ3n) is 3.89. The standard InChI is InChI=1S/C17H21NO5/c1-21-14-7-6-12(11-15(14)22-2)13-5-4-10-18(13)16(19)8-9-17(20)23-3/h6-9,11,13H,4-5,10H2,1-3H3/b9-8+. The molecule has 6 heteroatoms. The van der Waals surface area contributed by atoms with Crippen LogP contribution >= 0.6 is 0 Å². The molecule has 1 aliphatic heterocycles. The van der Waals surface area contributed by atoms with E-state index in [1.165, 1.54) is 13.2 Å². The summed E-state index contributed by atoms with van der Waals surface area (Å²) in [5.74, 6) is 0.542. The van der Waals surface area contributed by atoms with Crippen molar-refractivity contribution in [1.82, 2.24) is 4.90 Å². The van der Waals surface area contributed by atoms with Crippen molar-refractivity contribution in [3.8, 4) is 11.5 Å². The number of benzene rings is 1. The first-order valence-electron chi connectivity index (χ1n) is 7.39. The van der Waals surface area contributed by atoms with Crippen LogP contribution in [0, 0.1) is 0 Å². The Morgan fingerprint density at radius 2 is 1.87 bits per heavy atom. The third-order valence-corrected chi connectivity index (χ3v) is 3.89. The van der Waals surface area contributed by atoms with E-state index in [0.717, 1.165) is 24.5 Å². The average Bonchev–Trinajstić information content (AvgIpc) is 3.08. The van der Waals surface area contributed by atoms with Gasteiger partial charge in [0, 0.05) is 18.7 Å². The molecule has 1 unspecified atom stereocenters. The monoisotopic (exact) mass is 319 g/mol. The quantitative estimate of drug-likeness (QED) is 0.614. The molecule has 2 rings (SSSR count). The molecule has 0 bridgehead atoms. The second-order valence-corrected chi connectivity index (χ2v) is 5.16. The zero-order valence-electron chi connectivity index (χ0n) is 13.6. The highest BCUT2D eigenvalue weighted by molar-refractivity contribution is 5.94. The lowest BCUT2D eigenvalue weighted by molar-refractivity contribution is -0.135. The molecule has 1 heterocycles. The number of hydrogen-bond donors (Lipinski definition) is 0. The first kappa shape index (κ1) is 16.9. The van der Waals surface area contributed by atoms with E-state index in [4.69, 9.17) is 9.47 Å². The van der Waals surface area contributed by atoms with Gasteiger partial charge in [0.1, 0.15) is 0 Å². The predicted octanol–water partition coefficient (Wildman–Crippen LogP) is 2.10. The predicted molar refractivity (Wildman–Crippen MR) is 84.4 cm³/mol. The summed E-state index contributed by atoms with van der Waals surface area (Å²) in [4.78, 5) is 25.2. The molecule has 0 radical (unpaired) electrons. The van der Waals surface area contributed by atoms with E-state index in [9.17, 15) is 9.59 Å². The molecular weight excluding hydrogens is 298 g/mol. The Hall–Kier alpha value is -2.50. The molecule has 0 saturated carbocycles. The Labute approximate surface area is 135 Å². The molecule has 23 heavy (non-hydrogen) atoms. The highest BCUT2D eigenvalue weighted by atomic mass is 16.5. The molecule has 1 fully saturated rings. The van der Waals surface area contributed by atoms with E-state index in [1.54, 1.807) is 19.1 Å². The molecule has 1 amide bonds. The van der Waals surface area contributed by atoms with Crippen LogP contribution in [0.5, 0.6) is 11.5 Å². The highest BCUT2D eigenvalue weighted by Gasteiger charge is 2.29. The lowest BCUT2D eigenvalue weighted by Gasteiger charge is -2.24. The first-order valence-corrected chi connectivity index (χ1v) is 7.39. The van der Waals surface area contributed by atoms with Crippen LogP contribution in [0.25, 0.3) is 0 Å². The number of methoxy groups -OCH3 is 3. The number of carbonyl (C=O) groups excluding carboxylic acids is 2. The van der Waals surface area contributed by atoms with E-state index in [-0.39, 0.29) is 11.9 Å². The first-order chi connectivity index (χ1) is 11.1. The van der Waals surface area contributed by atoms with Gasteiger partial charge in [-0.3, -0.25) is 4.79 Å². The van der Waals surface area contributed by atoms with Crippen LogP contribution in [-0.2, 0) is 14.3 Å². The normalized spacial score (nSPS) is 17.3. The summed E-state index contributed by atoms with van der Waals surface area (Å²) in [7, 11) is 4.44. The third kappa shape index (κ3) is 3.83. The maximum Gasteiger partial charge on any atom is 0.330 e. The van der Waals surface area contributed by atoms with Gasteiger partial charge in [-0.2, -0.15) is 0 Å². The summed E-state index contributed by atoms with van der Waals surface area (Å²) in [6, 6.07) is 5.62. The van der Waals surface area contributed by atoms with E-state index in [1.807, 2.05) is 18.2 Å². The van der Waals surface area contributed by atoms with Crippen molar-refractivity contribution in [2.24, 2.45) is 0 Å². The van der Waals surface area contributed by atoms with E-state index < -0.39 is 5.97 Å². The molecule has 124 valence electrons. The molecule has 1 aromatic rings. The van der Waals surface area contributed by atoms with Crippen LogP contribution in [0.3, 0.4) is 0 Å². The summed E-state index contributed by atoms with van der Waals surface area (Å²) >= 11 is 0. The SMILES string of the molecule is COC(=O)/C=C/C(=O)N1CCCC1c1ccc(OC)c(OC)c1. The number of carbonyl (C=O) groups is 2. The van der Waals surface area contributed by atoms with Gasteiger partial charge in [-0.15, -0.1) is 0 Å². The van der Waals surface area contributed by atoms with Gasteiger partial charge in [0.05, 0.1) is 27.4 Å². The van der Waals surface area contributed by atoms with Crippen LogP contribution in [0.4, 0.5) is 0 Å². The van der Waals surface area contributed by atoms with Gasteiger partial charge < -0.3 is 19.1 Å². The largest absolute Gasteiger partial charge is 0.493 e. The van der Waals surface area contributed by atoms with Gasteiger partial charge in [0.25, 0.3) is 0 Å². The number of rotatable bonds is 5. The fourth-order valence-corrected chi connectivity index (χ4v) is 2.74. The van der Waals surface area contributed by atoms with E-state index in [0.29, 0.717) is 18.0 Å². The van der Waals surface area contributed by atoms with Crippen molar-refractivity contribution in [2.75, 3.05) is 27.9 Å². The maximum absolute atomic E-state index is 12.3. The van der Waals surface area contributed by atoms with Crippen molar-refractivity contribution in [1.29, 1.82) is 0 Å². The Balaban J connectivity index is 2.20. The topological polar surface area (TPSA) is 65.1 Å². The smallest absolute Gasteiger partial charge is 0.330 e. The Kier molecular flexibility index (Phi) is 5.62. The second-order valence-electron chi connectivity index (χ2n) is 5.16. The van der Waals surface area contributed by atoms with Crippen LogP contribution in [-0.4, -0.2) is 44.7 Å². The molecule has 0 aliphatic carbocycles. The minimum absolute atomic E-state index is 0.0374. The lowest BCUT2D eigenvalue weighted by Crippen LogP contribution is -2.29. The average molecular weight is 319 g/mol. The van der Waals surface area contributed by atoms with Gasteiger partial charge in [-0.25, -0.2) is 4.79 Å². The number of esters is 1. The number of amides is 1.